The fourth-order valence-corrected chi connectivity index (χ4v) is 2.64. The Balaban J connectivity index is 2.31. The number of hydrogen-bond donors (Lipinski definition) is 1. The highest BCUT2D eigenvalue weighted by Gasteiger charge is 2.12. The van der Waals surface area contributed by atoms with E-state index in [4.69, 9.17) is 17.3 Å². The molecule has 0 radical (unpaired) electrons. The SMILES string of the molecule is CC(c1ccc(Cl)s1)n1cncc1CN. The summed E-state index contributed by atoms with van der Waals surface area (Å²) in [5.41, 5.74) is 6.67. The van der Waals surface area contributed by atoms with Gasteiger partial charge in [0.15, 0.2) is 0 Å². The predicted molar refractivity (Wildman–Crippen MR) is 63.3 cm³/mol. The first kappa shape index (κ1) is 10.7. The van der Waals surface area contributed by atoms with Gasteiger partial charge in [0.05, 0.1) is 22.4 Å². The van der Waals surface area contributed by atoms with E-state index < -0.39 is 0 Å². The van der Waals surface area contributed by atoms with Gasteiger partial charge in [-0.2, -0.15) is 0 Å². The number of halogens is 1. The smallest absolute Gasteiger partial charge is 0.0954 e. The third-order valence-electron chi connectivity index (χ3n) is 2.38. The average Bonchev–Trinajstić information content (AvgIpc) is 2.84. The molecule has 2 heterocycles. The van der Waals surface area contributed by atoms with Gasteiger partial charge >= 0.3 is 0 Å². The van der Waals surface area contributed by atoms with Crippen LogP contribution in [0.15, 0.2) is 24.7 Å². The molecule has 0 aliphatic carbocycles. The summed E-state index contributed by atoms with van der Waals surface area (Å²) in [6.07, 6.45) is 3.60. The summed E-state index contributed by atoms with van der Waals surface area (Å²) in [6, 6.07) is 4.19. The van der Waals surface area contributed by atoms with E-state index >= 15 is 0 Å². The standard InChI is InChI=1S/C10H12ClN3S/c1-7(9-2-3-10(11)15-9)14-6-13-5-8(14)4-12/h2-3,5-7H,4,12H2,1H3. The van der Waals surface area contributed by atoms with Crippen LogP contribution in [0.1, 0.15) is 23.5 Å². The lowest BCUT2D eigenvalue weighted by atomic mass is 10.2. The molecule has 2 rings (SSSR count). The zero-order valence-electron chi connectivity index (χ0n) is 8.35. The average molecular weight is 242 g/mol. The molecule has 1 atom stereocenters. The van der Waals surface area contributed by atoms with E-state index in [0.29, 0.717) is 6.54 Å². The monoisotopic (exact) mass is 241 g/mol. The molecule has 0 fully saturated rings. The highest BCUT2D eigenvalue weighted by molar-refractivity contribution is 7.16. The lowest BCUT2D eigenvalue weighted by Gasteiger charge is -2.14. The molecule has 0 aliphatic rings. The number of nitrogens with two attached hydrogens (primary N) is 1. The van der Waals surface area contributed by atoms with Crippen LogP contribution in [0, 0.1) is 0 Å². The number of imidazole rings is 1. The van der Waals surface area contributed by atoms with Gasteiger partial charge in [0.2, 0.25) is 0 Å². The summed E-state index contributed by atoms with van der Waals surface area (Å²) in [5.74, 6) is 0. The zero-order chi connectivity index (χ0) is 10.8. The summed E-state index contributed by atoms with van der Waals surface area (Å²) < 4.78 is 2.88. The Morgan fingerprint density at radius 1 is 1.60 bits per heavy atom. The zero-order valence-corrected chi connectivity index (χ0v) is 9.92. The van der Waals surface area contributed by atoms with Crippen molar-refractivity contribution in [2.24, 2.45) is 5.73 Å². The largest absolute Gasteiger partial charge is 0.325 e. The Hall–Kier alpha value is -0.840. The molecule has 0 saturated heterocycles. The highest BCUT2D eigenvalue weighted by atomic mass is 35.5. The molecule has 2 aromatic rings. The molecule has 0 aliphatic heterocycles. The van der Waals surface area contributed by atoms with Crippen LogP contribution in [0.2, 0.25) is 4.34 Å². The van der Waals surface area contributed by atoms with Crippen molar-refractivity contribution < 1.29 is 0 Å². The van der Waals surface area contributed by atoms with Crippen LogP contribution in [-0.4, -0.2) is 9.55 Å². The van der Waals surface area contributed by atoms with Crippen molar-refractivity contribution in [2.75, 3.05) is 0 Å². The lowest BCUT2D eigenvalue weighted by Crippen LogP contribution is -2.10. The van der Waals surface area contributed by atoms with Gasteiger partial charge in [-0.15, -0.1) is 11.3 Å². The molecule has 80 valence electrons. The molecule has 2 N–H and O–H groups in total. The van der Waals surface area contributed by atoms with E-state index in [1.807, 2.05) is 12.1 Å². The molecule has 0 bridgehead atoms. The van der Waals surface area contributed by atoms with E-state index in [1.54, 1.807) is 23.9 Å². The minimum Gasteiger partial charge on any atom is -0.325 e. The van der Waals surface area contributed by atoms with Crippen molar-refractivity contribution in [2.45, 2.75) is 19.5 Å². The minimum absolute atomic E-state index is 0.239. The first-order valence-electron chi connectivity index (χ1n) is 4.68. The highest BCUT2D eigenvalue weighted by Crippen LogP contribution is 2.29. The van der Waals surface area contributed by atoms with Gasteiger partial charge in [0.1, 0.15) is 0 Å². The number of nitrogens with zero attached hydrogens (tertiary/aromatic N) is 2. The second-order valence-electron chi connectivity index (χ2n) is 3.31. The summed E-state index contributed by atoms with van der Waals surface area (Å²) >= 11 is 7.50. The van der Waals surface area contributed by atoms with Crippen molar-refractivity contribution in [3.8, 4) is 0 Å². The Morgan fingerprint density at radius 3 is 3.00 bits per heavy atom. The van der Waals surface area contributed by atoms with Gasteiger partial charge < -0.3 is 10.3 Å². The molecular weight excluding hydrogens is 230 g/mol. The third-order valence-corrected chi connectivity index (χ3v) is 3.78. The molecule has 0 aromatic carbocycles. The quantitative estimate of drug-likeness (QED) is 0.898. The third kappa shape index (κ3) is 2.07. The van der Waals surface area contributed by atoms with Crippen LogP contribution < -0.4 is 5.73 Å². The predicted octanol–water partition coefficient (Wildman–Crippen LogP) is 2.67. The van der Waals surface area contributed by atoms with Gasteiger partial charge in [-0.25, -0.2) is 4.98 Å². The van der Waals surface area contributed by atoms with Crippen molar-refractivity contribution >= 4 is 22.9 Å². The summed E-state index contributed by atoms with van der Waals surface area (Å²) in [5, 5.41) is 0. The molecule has 0 amide bonds. The first-order chi connectivity index (χ1) is 7.22. The van der Waals surface area contributed by atoms with Gasteiger partial charge in [0, 0.05) is 17.6 Å². The van der Waals surface area contributed by atoms with Crippen LogP contribution in [0.3, 0.4) is 0 Å². The summed E-state index contributed by atoms with van der Waals surface area (Å²) in [6.45, 7) is 2.62. The van der Waals surface area contributed by atoms with E-state index in [0.717, 1.165) is 10.0 Å². The molecule has 2 aromatic heterocycles. The fourth-order valence-electron chi connectivity index (χ4n) is 1.53. The number of aromatic nitrogens is 2. The first-order valence-corrected chi connectivity index (χ1v) is 5.88. The van der Waals surface area contributed by atoms with Crippen molar-refractivity contribution in [1.29, 1.82) is 0 Å². The van der Waals surface area contributed by atoms with Gasteiger partial charge in [-0.1, -0.05) is 11.6 Å². The number of hydrogen-bond acceptors (Lipinski definition) is 3. The normalized spacial score (nSPS) is 13.0. The number of thiophene rings is 1. The van der Waals surface area contributed by atoms with Crippen molar-refractivity contribution in [3.05, 3.63) is 39.6 Å². The summed E-state index contributed by atoms with van der Waals surface area (Å²) in [4.78, 5) is 5.32. The molecule has 5 heteroatoms. The van der Waals surface area contributed by atoms with Crippen molar-refractivity contribution in [1.82, 2.24) is 9.55 Å². The molecule has 15 heavy (non-hydrogen) atoms. The van der Waals surface area contributed by atoms with Crippen molar-refractivity contribution in [3.63, 3.8) is 0 Å². The maximum Gasteiger partial charge on any atom is 0.0954 e. The van der Waals surface area contributed by atoms with E-state index in [-0.39, 0.29) is 6.04 Å². The van der Waals surface area contributed by atoms with Gasteiger partial charge in [-0.3, -0.25) is 0 Å². The van der Waals surface area contributed by atoms with E-state index in [1.165, 1.54) is 4.88 Å². The fraction of sp³-hybridized carbons (Fsp3) is 0.300. The van der Waals surface area contributed by atoms with Crippen LogP contribution in [-0.2, 0) is 6.54 Å². The van der Waals surface area contributed by atoms with E-state index in [9.17, 15) is 0 Å². The van der Waals surface area contributed by atoms with Gasteiger partial charge in [0.25, 0.3) is 0 Å². The molecule has 3 nitrogen and oxygen atoms in total. The number of rotatable bonds is 3. The second-order valence-corrected chi connectivity index (χ2v) is 5.06. The van der Waals surface area contributed by atoms with Crippen LogP contribution in [0.4, 0.5) is 0 Å². The minimum atomic E-state index is 0.239. The Kier molecular flexibility index (Phi) is 3.09. The van der Waals surface area contributed by atoms with Crippen LogP contribution in [0.5, 0.6) is 0 Å². The Morgan fingerprint density at radius 2 is 2.40 bits per heavy atom. The maximum atomic E-state index is 5.91. The molecular formula is C10H12ClN3S. The molecule has 1 unspecified atom stereocenters. The molecule has 0 spiro atoms. The topological polar surface area (TPSA) is 43.8 Å². The lowest BCUT2D eigenvalue weighted by molar-refractivity contribution is 0.618. The van der Waals surface area contributed by atoms with Crippen LogP contribution >= 0.6 is 22.9 Å². The Labute approximate surface area is 97.5 Å². The Bertz CT molecular complexity index is 449. The summed E-state index contributed by atoms with van der Waals surface area (Å²) in [7, 11) is 0. The second kappa shape index (κ2) is 4.35. The van der Waals surface area contributed by atoms with Crippen LogP contribution in [0.25, 0.3) is 0 Å². The maximum absolute atomic E-state index is 5.91. The van der Waals surface area contributed by atoms with E-state index in [2.05, 4.69) is 16.5 Å². The molecule has 0 saturated carbocycles. The van der Waals surface area contributed by atoms with Gasteiger partial charge in [-0.05, 0) is 19.1 Å².